The van der Waals surface area contributed by atoms with Crippen LogP contribution in [-0.4, -0.2) is 21.5 Å². The van der Waals surface area contributed by atoms with Gasteiger partial charge in [0.15, 0.2) is 0 Å². The van der Waals surface area contributed by atoms with Crippen LogP contribution in [0.15, 0.2) is 30.6 Å². The summed E-state index contributed by atoms with van der Waals surface area (Å²) in [7, 11) is 0. The third-order valence-corrected chi connectivity index (χ3v) is 2.56. The summed E-state index contributed by atoms with van der Waals surface area (Å²) in [4.78, 5) is 17.5. The van der Waals surface area contributed by atoms with Gasteiger partial charge in [0.05, 0.1) is 11.5 Å². The van der Waals surface area contributed by atoms with Crippen molar-refractivity contribution in [1.82, 2.24) is 9.97 Å². The molecule has 0 amide bonds. The standard InChI is InChI=1S/C13H13N3O4/c1-3-19-11-5-4-6-12(9(11)2)20-13-14-7-10(8-15-13)16(17)18/h4-8H,3H2,1-2H3. The van der Waals surface area contributed by atoms with E-state index in [-0.39, 0.29) is 11.7 Å². The molecule has 0 saturated carbocycles. The van der Waals surface area contributed by atoms with Gasteiger partial charge >= 0.3 is 11.7 Å². The Labute approximate surface area is 115 Å². The fraction of sp³-hybridized carbons (Fsp3) is 0.231. The fourth-order valence-corrected chi connectivity index (χ4v) is 1.57. The minimum Gasteiger partial charge on any atom is -0.493 e. The average Bonchev–Trinajstić information content (AvgIpc) is 2.44. The monoisotopic (exact) mass is 275 g/mol. The maximum Gasteiger partial charge on any atom is 0.322 e. The number of ether oxygens (including phenoxy) is 2. The van der Waals surface area contributed by atoms with Crippen molar-refractivity contribution in [3.8, 4) is 17.5 Å². The zero-order chi connectivity index (χ0) is 14.5. The maximum absolute atomic E-state index is 10.5. The molecule has 0 bridgehead atoms. The van der Waals surface area contributed by atoms with E-state index in [1.165, 1.54) is 0 Å². The van der Waals surface area contributed by atoms with Gasteiger partial charge in [-0.2, -0.15) is 9.97 Å². The van der Waals surface area contributed by atoms with Crippen molar-refractivity contribution in [2.24, 2.45) is 0 Å². The molecular formula is C13H13N3O4. The lowest BCUT2D eigenvalue weighted by Gasteiger charge is -2.11. The van der Waals surface area contributed by atoms with Crippen molar-refractivity contribution in [2.75, 3.05) is 6.61 Å². The summed E-state index contributed by atoms with van der Waals surface area (Å²) >= 11 is 0. The number of nitro groups is 1. The van der Waals surface area contributed by atoms with Crippen LogP contribution >= 0.6 is 0 Å². The van der Waals surface area contributed by atoms with Crippen LogP contribution in [0.1, 0.15) is 12.5 Å². The third-order valence-electron chi connectivity index (χ3n) is 2.56. The van der Waals surface area contributed by atoms with Crippen LogP contribution in [0, 0.1) is 17.0 Å². The van der Waals surface area contributed by atoms with Crippen molar-refractivity contribution in [1.29, 1.82) is 0 Å². The van der Waals surface area contributed by atoms with Crippen molar-refractivity contribution >= 4 is 5.69 Å². The Kier molecular flexibility index (Phi) is 4.09. The highest BCUT2D eigenvalue weighted by molar-refractivity contribution is 5.44. The number of benzene rings is 1. The van der Waals surface area contributed by atoms with E-state index >= 15 is 0 Å². The third kappa shape index (κ3) is 3.00. The van der Waals surface area contributed by atoms with Gasteiger partial charge in [0.2, 0.25) is 0 Å². The van der Waals surface area contributed by atoms with Gasteiger partial charge in [0, 0.05) is 5.56 Å². The molecule has 2 aromatic rings. The fourth-order valence-electron chi connectivity index (χ4n) is 1.57. The lowest BCUT2D eigenvalue weighted by molar-refractivity contribution is -0.385. The molecule has 0 aliphatic carbocycles. The number of nitrogens with zero attached hydrogens (tertiary/aromatic N) is 3. The number of aromatic nitrogens is 2. The topological polar surface area (TPSA) is 87.4 Å². The molecule has 1 heterocycles. The number of hydrogen-bond acceptors (Lipinski definition) is 6. The van der Waals surface area contributed by atoms with E-state index in [0.717, 1.165) is 18.0 Å². The Bertz CT molecular complexity index is 614. The lowest BCUT2D eigenvalue weighted by atomic mass is 10.2. The molecule has 104 valence electrons. The highest BCUT2D eigenvalue weighted by Gasteiger charge is 2.11. The predicted octanol–water partition coefficient (Wildman–Crippen LogP) is 2.88. The van der Waals surface area contributed by atoms with Crippen LogP contribution in [0.25, 0.3) is 0 Å². The van der Waals surface area contributed by atoms with E-state index in [1.54, 1.807) is 12.1 Å². The molecule has 1 aromatic carbocycles. The summed E-state index contributed by atoms with van der Waals surface area (Å²) in [5.74, 6) is 1.26. The van der Waals surface area contributed by atoms with Crippen molar-refractivity contribution in [3.63, 3.8) is 0 Å². The minimum absolute atomic E-state index is 0.0485. The quantitative estimate of drug-likeness (QED) is 0.616. The van der Waals surface area contributed by atoms with Gasteiger partial charge in [0.25, 0.3) is 0 Å². The van der Waals surface area contributed by atoms with E-state index in [9.17, 15) is 10.1 Å². The first-order chi connectivity index (χ1) is 9.61. The largest absolute Gasteiger partial charge is 0.493 e. The normalized spacial score (nSPS) is 10.1. The SMILES string of the molecule is CCOc1cccc(Oc2ncc([N+](=O)[O-])cn2)c1C. The van der Waals surface area contributed by atoms with Gasteiger partial charge in [-0.1, -0.05) is 6.07 Å². The zero-order valence-electron chi connectivity index (χ0n) is 11.1. The second-order valence-electron chi connectivity index (χ2n) is 3.90. The van der Waals surface area contributed by atoms with Crippen LogP contribution < -0.4 is 9.47 Å². The van der Waals surface area contributed by atoms with Gasteiger partial charge in [-0.05, 0) is 26.0 Å². The lowest BCUT2D eigenvalue weighted by Crippen LogP contribution is -1.98. The summed E-state index contributed by atoms with van der Waals surface area (Å²) in [5.41, 5.74) is 0.633. The first-order valence-corrected chi connectivity index (χ1v) is 5.98. The average molecular weight is 275 g/mol. The predicted molar refractivity (Wildman–Crippen MR) is 71.1 cm³/mol. The van der Waals surface area contributed by atoms with Crippen LogP contribution in [0.4, 0.5) is 5.69 Å². The van der Waals surface area contributed by atoms with Crippen molar-refractivity contribution in [3.05, 3.63) is 46.3 Å². The molecule has 0 saturated heterocycles. The van der Waals surface area contributed by atoms with E-state index < -0.39 is 4.92 Å². The van der Waals surface area contributed by atoms with E-state index in [0.29, 0.717) is 18.1 Å². The molecule has 0 spiro atoms. The summed E-state index contributed by atoms with van der Waals surface area (Å²) < 4.78 is 11.0. The molecule has 0 atom stereocenters. The Hall–Kier alpha value is -2.70. The second-order valence-corrected chi connectivity index (χ2v) is 3.90. The van der Waals surface area contributed by atoms with Gasteiger partial charge in [0.1, 0.15) is 23.9 Å². The van der Waals surface area contributed by atoms with Gasteiger partial charge in [-0.15, -0.1) is 0 Å². The molecule has 7 heteroatoms. The van der Waals surface area contributed by atoms with E-state index in [1.807, 2.05) is 19.9 Å². The van der Waals surface area contributed by atoms with Crippen molar-refractivity contribution < 1.29 is 14.4 Å². The molecule has 0 radical (unpaired) electrons. The zero-order valence-corrected chi connectivity index (χ0v) is 11.1. The van der Waals surface area contributed by atoms with Crippen LogP contribution in [-0.2, 0) is 0 Å². The molecule has 2 rings (SSSR count). The molecule has 0 aliphatic rings. The summed E-state index contributed by atoms with van der Waals surface area (Å²) in [6.07, 6.45) is 2.20. The molecule has 20 heavy (non-hydrogen) atoms. The smallest absolute Gasteiger partial charge is 0.322 e. The molecule has 0 N–H and O–H groups in total. The van der Waals surface area contributed by atoms with Crippen LogP contribution in [0.2, 0.25) is 0 Å². The summed E-state index contributed by atoms with van der Waals surface area (Å²) in [6, 6.07) is 5.43. The summed E-state index contributed by atoms with van der Waals surface area (Å²) in [5, 5.41) is 10.5. The number of rotatable bonds is 5. The molecule has 7 nitrogen and oxygen atoms in total. The Balaban J connectivity index is 2.21. The maximum atomic E-state index is 10.5. The first-order valence-electron chi connectivity index (χ1n) is 5.98. The summed E-state index contributed by atoms with van der Waals surface area (Å²) in [6.45, 7) is 4.30. The first kappa shape index (κ1) is 13.7. The molecule has 0 aliphatic heterocycles. The van der Waals surface area contributed by atoms with E-state index in [4.69, 9.17) is 9.47 Å². The van der Waals surface area contributed by atoms with Gasteiger partial charge in [-0.3, -0.25) is 10.1 Å². The molecule has 0 fully saturated rings. The van der Waals surface area contributed by atoms with Crippen LogP contribution in [0.5, 0.6) is 17.5 Å². The van der Waals surface area contributed by atoms with Crippen molar-refractivity contribution in [2.45, 2.75) is 13.8 Å². The molecule has 0 unspecified atom stereocenters. The van der Waals surface area contributed by atoms with Crippen LogP contribution in [0.3, 0.4) is 0 Å². The van der Waals surface area contributed by atoms with Gasteiger partial charge in [-0.25, -0.2) is 0 Å². The minimum atomic E-state index is -0.565. The number of hydrogen-bond donors (Lipinski definition) is 0. The highest BCUT2D eigenvalue weighted by Crippen LogP contribution is 2.29. The molecular weight excluding hydrogens is 262 g/mol. The second kappa shape index (κ2) is 5.96. The Morgan fingerprint density at radius 2 is 1.90 bits per heavy atom. The highest BCUT2D eigenvalue weighted by atomic mass is 16.6. The Morgan fingerprint density at radius 1 is 1.25 bits per heavy atom. The van der Waals surface area contributed by atoms with E-state index in [2.05, 4.69) is 9.97 Å². The van der Waals surface area contributed by atoms with Gasteiger partial charge < -0.3 is 9.47 Å². The molecule has 1 aromatic heterocycles. The Morgan fingerprint density at radius 3 is 2.50 bits per heavy atom.